The number of rotatable bonds is 7. The SMILES string of the molecule is CCCC(C(=O)NC(C)(C)CCC)C(N)=S. The van der Waals surface area contributed by atoms with Crippen LogP contribution in [0.25, 0.3) is 0 Å². The van der Waals surface area contributed by atoms with Gasteiger partial charge in [0.2, 0.25) is 5.91 Å². The zero-order chi connectivity index (χ0) is 12.8. The molecule has 0 aromatic heterocycles. The second-order valence-electron chi connectivity index (χ2n) is 4.87. The van der Waals surface area contributed by atoms with Gasteiger partial charge in [-0.1, -0.05) is 38.9 Å². The van der Waals surface area contributed by atoms with Gasteiger partial charge in [0.25, 0.3) is 0 Å². The van der Waals surface area contributed by atoms with Gasteiger partial charge in [0.05, 0.1) is 10.9 Å². The van der Waals surface area contributed by atoms with Crippen LogP contribution in [0.5, 0.6) is 0 Å². The summed E-state index contributed by atoms with van der Waals surface area (Å²) >= 11 is 4.93. The number of carbonyl (C=O) groups is 1. The Morgan fingerprint density at radius 2 is 1.94 bits per heavy atom. The second-order valence-corrected chi connectivity index (χ2v) is 5.34. The van der Waals surface area contributed by atoms with Crippen LogP contribution in [0, 0.1) is 5.92 Å². The van der Waals surface area contributed by atoms with E-state index in [-0.39, 0.29) is 17.4 Å². The molecule has 1 amide bonds. The van der Waals surface area contributed by atoms with Crippen LogP contribution in [0.1, 0.15) is 53.4 Å². The van der Waals surface area contributed by atoms with Gasteiger partial charge in [0.15, 0.2) is 0 Å². The lowest BCUT2D eigenvalue weighted by Gasteiger charge is -2.28. The monoisotopic (exact) mass is 244 g/mol. The number of carbonyl (C=O) groups excluding carboxylic acids is 1. The van der Waals surface area contributed by atoms with Crippen molar-refractivity contribution < 1.29 is 4.79 Å². The van der Waals surface area contributed by atoms with Crippen molar-refractivity contribution in [3.05, 3.63) is 0 Å². The predicted octanol–water partition coefficient (Wildman–Crippen LogP) is 2.38. The van der Waals surface area contributed by atoms with Crippen molar-refractivity contribution in [1.29, 1.82) is 0 Å². The minimum Gasteiger partial charge on any atom is -0.393 e. The fraction of sp³-hybridized carbons (Fsp3) is 0.833. The zero-order valence-electron chi connectivity index (χ0n) is 10.8. The molecule has 0 saturated heterocycles. The first-order valence-electron chi connectivity index (χ1n) is 5.95. The average Bonchev–Trinajstić information content (AvgIpc) is 2.12. The highest BCUT2D eigenvalue weighted by molar-refractivity contribution is 7.80. The van der Waals surface area contributed by atoms with Crippen molar-refractivity contribution in [2.45, 2.75) is 58.9 Å². The topological polar surface area (TPSA) is 55.1 Å². The highest BCUT2D eigenvalue weighted by atomic mass is 32.1. The third-order valence-electron chi connectivity index (χ3n) is 2.57. The van der Waals surface area contributed by atoms with E-state index in [1.807, 2.05) is 20.8 Å². The summed E-state index contributed by atoms with van der Waals surface area (Å²) in [6.45, 7) is 8.18. The number of hydrogen-bond donors (Lipinski definition) is 2. The van der Waals surface area contributed by atoms with Crippen LogP contribution in [0.4, 0.5) is 0 Å². The van der Waals surface area contributed by atoms with E-state index in [2.05, 4.69) is 12.2 Å². The van der Waals surface area contributed by atoms with E-state index in [9.17, 15) is 4.79 Å². The highest BCUT2D eigenvalue weighted by Gasteiger charge is 2.26. The third-order valence-corrected chi connectivity index (χ3v) is 2.86. The molecule has 0 aliphatic rings. The van der Waals surface area contributed by atoms with Crippen LogP contribution in [0.2, 0.25) is 0 Å². The molecule has 0 aliphatic heterocycles. The molecular weight excluding hydrogens is 220 g/mol. The quantitative estimate of drug-likeness (QED) is 0.676. The Bertz CT molecular complexity index is 251. The van der Waals surface area contributed by atoms with E-state index in [0.717, 1.165) is 25.7 Å². The Morgan fingerprint density at radius 1 is 1.38 bits per heavy atom. The summed E-state index contributed by atoms with van der Waals surface area (Å²) in [6, 6.07) is 0. The van der Waals surface area contributed by atoms with Gasteiger partial charge in [-0.15, -0.1) is 0 Å². The smallest absolute Gasteiger partial charge is 0.230 e. The number of nitrogens with two attached hydrogens (primary N) is 1. The molecule has 0 aromatic carbocycles. The van der Waals surface area contributed by atoms with Gasteiger partial charge >= 0.3 is 0 Å². The lowest BCUT2D eigenvalue weighted by atomic mass is 9.96. The molecular formula is C12H24N2OS. The van der Waals surface area contributed by atoms with E-state index in [4.69, 9.17) is 18.0 Å². The number of amides is 1. The average molecular weight is 244 g/mol. The van der Waals surface area contributed by atoms with Crippen LogP contribution in [-0.4, -0.2) is 16.4 Å². The molecule has 0 bridgehead atoms. The van der Waals surface area contributed by atoms with Gasteiger partial charge < -0.3 is 11.1 Å². The largest absolute Gasteiger partial charge is 0.393 e. The molecule has 0 heterocycles. The van der Waals surface area contributed by atoms with Crippen molar-refractivity contribution in [3.8, 4) is 0 Å². The summed E-state index contributed by atoms with van der Waals surface area (Å²) in [5, 5.41) is 3.02. The molecule has 0 radical (unpaired) electrons. The lowest BCUT2D eigenvalue weighted by molar-refractivity contribution is -0.124. The summed E-state index contributed by atoms with van der Waals surface area (Å²) in [4.78, 5) is 12.3. The Morgan fingerprint density at radius 3 is 2.31 bits per heavy atom. The van der Waals surface area contributed by atoms with Crippen LogP contribution < -0.4 is 11.1 Å². The van der Waals surface area contributed by atoms with Gasteiger partial charge in [-0.3, -0.25) is 4.79 Å². The first-order valence-corrected chi connectivity index (χ1v) is 6.36. The van der Waals surface area contributed by atoms with Crippen LogP contribution in [0.3, 0.4) is 0 Å². The van der Waals surface area contributed by atoms with Crippen molar-refractivity contribution in [3.63, 3.8) is 0 Å². The molecule has 0 fully saturated rings. The number of hydrogen-bond acceptors (Lipinski definition) is 2. The molecule has 4 heteroatoms. The number of nitrogens with one attached hydrogen (secondary N) is 1. The van der Waals surface area contributed by atoms with Crippen molar-refractivity contribution in [2.24, 2.45) is 11.7 Å². The van der Waals surface area contributed by atoms with Gasteiger partial charge in [-0.25, -0.2) is 0 Å². The molecule has 0 aliphatic carbocycles. The molecule has 16 heavy (non-hydrogen) atoms. The maximum atomic E-state index is 12.0. The zero-order valence-corrected chi connectivity index (χ0v) is 11.6. The molecule has 0 saturated carbocycles. The molecule has 0 rings (SSSR count). The molecule has 94 valence electrons. The van der Waals surface area contributed by atoms with Crippen LogP contribution >= 0.6 is 12.2 Å². The summed E-state index contributed by atoms with van der Waals surface area (Å²) in [7, 11) is 0. The predicted molar refractivity (Wildman–Crippen MR) is 72.3 cm³/mol. The minimum absolute atomic E-state index is 0.0344. The Kier molecular flexibility index (Phi) is 6.56. The molecule has 1 atom stereocenters. The van der Waals surface area contributed by atoms with E-state index in [1.165, 1.54) is 0 Å². The lowest BCUT2D eigenvalue weighted by Crippen LogP contribution is -2.48. The molecule has 3 N–H and O–H groups in total. The van der Waals surface area contributed by atoms with Gasteiger partial charge in [-0.05, 0) is 26.7 Å². The highest BCUT2D eigenvalue weighted by Crippen LogP contribution is 2.14. The second kappa shape index (κ2) is 6.84. The van der Waals surface area contributed by atoms with Crippen molar-refractivity contribution >= 4 is 23.1 Å². The summed E-state index contributed by atoms with van der Waals surface area (Å²) in [6.07, 6.45) is 3.63. The maximum absolute atomic E-state index is 12.0. The van der Waals surface area contributed by atoms with Gasteiger partial charge in [-0.2, -0.15) is 0 Å². The summed E-state index contributed by atoms with van der Waals surface area (Å²) < 4.78 is 0. The summed E-state index contributed by atoms with van der Waals surface area (Å²) in [5.41, 5.74) is 5.41. The van der Waals surface area contributed by atoms with Crippen LogP contribution in [0.15, 0.2) is 0 Å². The van der Waals surface area contributed by atoms with Gasteiger partial charge in [0.1, 0.15) is 0 Å². The van der Waals surface area contributed by atoms with E-state index >= 15 is 0 Å². The Labute approximate surface area is 104 Å². The fourth-order valence-corrected chi connectivity index (χ4v) is 2.02. The van der Waals surface area contributed by atoms with Crippen molar-refractivity contribution in [2.75, 3.05) is 0 Å². The molecule has 0 spiro atoms. The minimum atomic E-state index is -0.323. The van der Waals surface area contributed by atoms with E-state index < -0.39 is 0 Å². The van der Waals surface area contributed by atoms with E-state index in [0.29, 0.717) is 4.99 Å². The molecule has 1 unspecified atom stereocenters. The summed E-state index contributed by atoms with van der Waals surface area (Å²) in [5.74, 6) is -0.357. The first-order chi connectivity index (χ1) is 7.34. The van der Waals surface area contributed by atoms with E-state index in [1.54, 1.807) is 0 Å². The first kappa shape index (κ1) is 15.4. The Hall–Kier alpha value is -0.640. The van der Waals surface area contributed by atoms with Crippen LogP contribution in [-0.2, 0) is 4.79 Å². The maximum Gasteiger partial charge on any atom is 0.230 e. The number of thiocarbonyl (C=S) groups is 1. The Balaban J connectivity index is 4.46. The van der Waals surface area contributed by atoms with Crippen molar-refractivity contribution in [1.82, 2.24) is 5.32 Å². The third kappa shape index (κ3) is 5.45. The fourth-order valence-electron chi connectivity index (χ4n) is 1.80. The normalized spacial score (nSPS) is 13.2. The molecule has 3 nitrogen and oxygen atoms in total. The standard InChI is InChI=1S/C12H24N2OS/c1-5-7-9(10(13)16)11(15)14-12(3,4)8-6-2/h9H,5-8H2,1-4H3,(H2,13,16)(H,14,15). The van der Waals surface area contributed by atoms with Gasteiger partial charge in [0, 0.05) is 5.54 Å². The molecule has 0 aromatic rings.